The van der Waals surface area contributed by atoms with Gasteiger partial charge in [0.05, 0.1) is 0 Å². The maximum absolute atomic E-state index is 12.1. The summed E-state index contributed by atoms with van der Waals surface area (Å²) in [5.74, 6) is 0.585. The van der Waals surface area contributed by atoms with Gasteiger partial charge in [-0.2, -0.15) is 0 Å². The Bertz CT molecular complexity index is 415. The van der Waals surface area contributed by atoms with Gasteiger partial charge in [-0.05, 0) is 0 Å². The summed E-state index contributed by atoms with van der Waals surface area (Å²) < 4.78 is 1.41. The molecule has 0 amide bonds. The molecule has 1 nitrogen and oxygen atoms in total. The fourth-order valence-electron chi connectivity index (χ4n) is 2.36. The van der Waals surface area contributed by atoms with Crippen LogP contribution in [0.3, 0.4) is 0 Å². The third-order valence-corrected chi connectivity index (χ3v) is 8.98. The number of ketones is 1. The minimum atomic E-state index is -2.12. The van der Waals surface area contributed by atoms with E-state index < -0.39 is 18.4 Å². The molecule has 0 aliphatic heterocycles. The molecule has 0 N–H and O–H groups in total. The number of rotatable bonds is 1. The molecule has 0 spiro atoms. The number of carbonyl (C=O) groups excluding carboxylic acids is 1. The van der Waals surface area contributed by atoms with E-state index in [0.29, 0.717) is 5.78 Å². The summed E-state index contributed by atoms with van der Waals surface area (Å²) in [5, 5.41) is 0. The number of hydrogen-bond acceptors (Lipinski definition) is 1. The average Bonchev–Trinajstić information content (AvgIpc) is 2.41. The first kappa shape index (κ1) is 11.2. The molecule has 1 aliphatic carbocycles. The number of hydrogen-bond donors (Lipinski definition) is 0. The molecule has 1 atom stereocenters. The van der Waals surface area contributed by atoms with Crippen LogP contribution in [0.2, 0.25) is 14.8 Å². The van der Waals surface area contributed by atoms with E-state index in [-0.39, 0.29) is 5.92 Å². The predicted octanol–water partition coefficient (Wildman–Crippen LogP) is 2.61. The zero-order chi connectivity index (χ0) is 11.2. The van der Waals surface area contributed by atoms with E-state index in [1.165, 1.54) is 9.14 Å². The monoisotopic (exact) mass is 310 g/mol. The Hall–Kier alpha value is -0.311. The first-order chi connectivity index (χ1) is 6.91. The molecule has 0 heterocycles. The standard InChI is InChI=1S/C10H9O.3CH3.Sn/c1-7-6-8-4-2-3-5-9(8)10(7)11;;;;/h2-4,7H,6H2,1H3;3*1H3;. The van der Waals surface area contributed by atoms with Crippen molar-refractivity contribution in [3.8, 4) is 0 Å². The second-order valence-corrected chi connectivity index (χ2v) is 19.9. The molecular weight excluding hydrogens is 291 g/mol. The van der Waals surface area contributed by atoms with Crippen LogP contribution < -0.4 is 3.58 Å². The fraction of sp³-hybridized carbons (Fsp3) is 0.462. The van der Waals surface area contributed by atoms with Crippen molar-refractivity contribution >= 4 is 27.7 Å². The molecule has 0 aromatic heterocycles. The molecular formula is C13H18OSn. The van der Waals surface area contributed by atoms with Gasteiger partial charge in [0.1, 0.15) is 0 Å². The van der Waals surface area contributed by atoms with Crippen LogP contribution in [-0.4, -0.2) is 24.2 Å². The van der Waals surface area contributed by atoms with Gasteiger partial charge >= 0.3 is 95.9 Å². The summed E-state index contributed by atoms with van der Waals surface area (Å²) in [6, 6.07) is 6.43. The Kier molecular flexibility index (Phi) is 2.70. The molecule has 80 valence electrons. The third kappa shape index (κ3) is 1.86. The first-order valence-corrected chi connectivity index (χ1v) is 15.6. The quantitative estimate of drug-likeness (QED) is 0.729. The van der Waals surface area contributed by atoms with Crippen LogP contribution in [0.5, 0.6) is 0 Å². The third-order valence-electron chi connectivity index (χ3n) is 3.18. The van der Waals surface area contributed by atoms with Crippen molar-refractivity contribution in [2.45, 2.75) is 28.2 Å². The van der Waals surface area contributed by atoms with E-state index in [4.69, 9.17) is 0 Å². The molecule has 0 saturated carbocycles. The second kappa shape index (κ2) is 3.62. The molecule has 15 heavy (non-hydrogen) atoms. The van der Waals surface area contributed by atoms with Crippen LogP contribution in [0, 0.1) is 5.92 Å². The Morgan fingerprint density at radius 2 is 1.93 bits per heavy atom. The van der Waals surface area contributed by atoms with Crippen molar-refractivity contribution in [2.75, 3.05) is 0 Å². The number of carbonyl (C=O) groups is 1. The summed E-state index contributed by atoms with van der Waals surface area (Å²) in [7, 11) is 0. The van der Waals surface area contributed by atoms with Gasteiger partial charge in [0.25, 0.3) is 0 Å². The summed E-state index contributed by atoms with van der Waals surface area (Å²) in [6.07, 6.45) is 0.948. The van der Waals surface area contributed by atoms with Crippen LogP contribution in [0.25, 0.3) is 0 Å². The van der Waals surface area contributed by atoms with Crippen LogP contribution in [0.1, 0.15) is 22.8 Å². The SMILES string of the molecule is CC1Cc2ccc[c]([Sn]([CH3])([CH3])[CH3])c2C1=O. The molecule has 1 aromatic rings. The Balaban J connectivity index is 2.63. The van der Waals surface area contributed by atoms with Gasteiger partial charge in [0, 0.05) is 0 Å². The first-order valence-electron chi connectivity index (χ1n) is 5.58. The summed E-state index contributed by atoms with van der Waals surface area (Å²) >= 11 is -2.12. The summed E-state index contributed by atoms with van der Waals surface area (Å²) in [6.45, 7) is 2.05. The van der Waals surface area contributed by atoms with Crippen LogP contribution in [0.4, 0.5) is 0 Å². The van der Waals surface area contributed by atoms with Crippen LogP contribution in [-0.2, 0) is 6.42 Å². The van der Waals surface area contributed by atoms with Gasteiger partial charge in [0.15, 0.2) is 0 Å². The summed E-state index contributed by atoms with van der Waals surface area (Å²) in [4.78, 5) is 19.2. The van der Waals surface area contributed by atoms with E-state index in [0.717, 1.165) is 12.0 Å². The predicted molar refractivity (Wildman–Crippen MR) is 66.6 cm³/mol. The number of Topliss-reactive ketones (excluding diaryl/α,β-unsaturated/α-hetero) is 1. The number of benzene rings is 1. The van der Waals surface area contributed by atoms with Crippen LogP contribution >= 0.6 is 0 Å². The molecule has 0 bridgehead atoms. The second-order valence-electron chi connectivity index (χ2n) is 5.56. The average molecular weight is 309 g/mol. The van der Waals surface area contributed by atoms with Crippen molar-refractivity contribution in [1.29, 1.82) is 0 Å². The fourth-order valence-corrected chi connectivity index (χ4v) is 7.01. The van der Waals surface area contributed by atoms with E-state index in [1.54, 1.807) is 0 Å². The summed E-state index contributed by atoms with van der Waals surface area (Å²) in [5.41, 5.74) is 2.38. The molecule has 1 unspecified atom stereocenters. The van der Waals surface area contributed by atoms with Gasteiger partial charge in [-0.15, -0.1) is 0 Å². The topological polar surface area (TPSA) is 17.1 Å². The van der Waals surface area contributed by atoms with Gasteiger partial charge in [-0.25, -0.2) is 0 Å². The van der Waals surface area contributed by atoms with E-state index in [1.807, 2.05) is 6.92 Å². The van der Waals surface area contributed by atoms with E-state index in [9.17, 15) is 4.79 Å². The number of fused-ring (bicyclic) bond motifs is 1. The van der Waals surface area contributed by atoms with Gasteiger partial charge < -0.3 is 0 Å². The molecule has 1 aromatic carbocycles. The van der Waals surface area contributed by atoms with Crippen molar-refractivity contribution in [3.63, 3.8) is 0 Å². The van der Waals surface area contributed by atoms with Crippen molar-refractivity contribution in [1.82, 2.24) is 0 Å². The van der Waals surface area contributed by atoms with Gasteiger partial charge in [-0.1, -0.05) is 0 Å². The van der Waals surface area contributed by atoms with Crippen molar-refractivity contribution < 1.29 is 4.79 Å². The zero-order valence-electron chi connectivity index (χ0n) is 9.92. The van der Waals surface area contributed by atoms with Crippen molar-refractivity contribution in [2.24, 2.45) is 5.92 Å². The molecule has 2 rings (SSSR count). The Labute approximate surface area is 95.8 Å². The van der Waals surface area contributed by atoms with E-state index in [2.05, 4.69) is 33.0 Å². The molecule has 0 fully saturated rings. The van der Waals surface area contributed by atoms with Gasteiger partial charge in [0.2, 0.25) is 0 Å². The zero-order valence-corrected chi connectivity index (χ0v) is 12.8. The molecule has 2 heteroatoms. The van der Waals surface area contributed by atoms with Gasteiger partial charge in [-0.3, -0.25) is 0 Å². The normalized spacial score (nSPS) is 20.5. The van der Waals surface area contributed by atoms with Crippen LogP contribution in [0.15, 0.2) is 18.2 Å². The molecule has 0 radical (unpaired) electrons. The molecule has 0 saturated heterocycles. The maximum atomic E-state index is 12.1. The Morgan fingerprint density at radius 3 is 2.53 bits per heavy atom. The molecule has 1 aliphatic rings. The van der Waals surface area contributed by atoms with Crippen molar-refractivity contribution in [3.05, 3.63) is 29.3 Å². The van der Waals surface area contributed by atoms with E-state index >= 15 is 0 Å². The minimum absolute atomic E-state index is 0.204. The Morgan fingerprint density at radius 1 is 1.27 bits per heavy atom.